The van der Waals surface area contributed by atoms with E-state index in [-0.39, 0.29) is 5.91 Å². The molecule has 0 spiro atoms. The van der Waals surface area contributed by atoms with Crippen LogP contribution in [0.3, 0.4) is 0 Å². The van der Waals surface area contributed by atoms with E-state index in [1.807, 2.05) is 73.8 Å². The maximum Gasteiger partial charge on any atom is 0.254 e. The van der Waals surface area contributed by atoms with Crippen molar-refractivity contribution in [1.29, 1.82) is 0 Å². The normalized spacial score (nSPS) is 11.0. The molecule has 162 valence electrons. The quantitative estimate of drug-likeness (QED) is 0.355. The van der Waals surface area contributed by atoms with Gasteiger partial charge in [0.25, 0.3) is 5.91 Å². The van der Waals surface area contributed by atoms with Gasteiger partial charge in [-0.05, 0) is 58.8 Å². The molecule has 0 aliphatic carbocycles. The highest BCUT2D eigenvalue weighted by Gasteiger charge is 2.18. The second-order valence-electron chi connectivity index (χ2n) is 8.02. The van der Waals surface area contributed by atoms with E-state index in [1.165, 1.54) is 0 Å². The van der Waals surface area contributed by atoms with Gasteiger partial charge >= 0.3 is 0 Å². The third-order valence-electron chi connectivity index (χ3n) is 5.81. The van der Waals surface area contributed by atoms with Crippen LogP contribution in [-0.4, -0.2) is 34.9 Å². The Morgan fingerprint density at radius 2 is 1.67 bits per heavy atom. The summed E-state index contributed by atoms with van der Waals surface area (Å²) in [5.74, 6) is 0.779. The molecule has 0 unspecified atom stereocenters. The number of rotatable bonds is 5. The second-order valence-corrected chi connectivity index (χ2v) is 8.02. The Balaban J connectivity index is 1.57. The number of methoxy groups -OCH3 is 1. The number of hydrogen-bond donors (Lipinski definition) is 0. The molecule has 5 heteroatoms. The molecule has 0 N–H and O–H groups in total. The molecule has 5 nitrogen and oxygen atoms in total. The molecule has 2 heterocycles. The molecule has 5 rings (SSSR count). The number of aromatic nitrogens is 2. The number of fused-ring (bicyclic) bond motifs is 2. The fraction of sp³-hybridized carbons (Fsp3) is 0.107. The van der Waals surface area contributed by atoms with Crippen molar-refractivity contribution in [3.63, 3.8) is 0 Å². The van der Waals surface area contributed by atoms with Crippen molar-refractivity contribution in [3.05, 3.63) is 102 Å². The Morgan fingerprint density at radius 3 is 2.48 bits per heavy atom. The predicted molar refractivity (Wildman–Crippen MR) is 131 cm³/mol. The lowest BCUT2D eigenvalue weighted by Crippen LogP contribution is -2.26. The van der Waals surface area contributed by atoms with Crippen LogP contribution in [0, 0.1) is 0 Å². The lowest BCUT2D eigenvalue weighted by Gasteiger charge is -2.19. The smallest absolute Gasteiger partial charge is 0.254 e. The fourth-order valence-electron chi connectivity index (χ4n) is 4.05. The molecule has 33 heavy (non-hydrogen) atoms. The van der Waals surface area contributed by atoms with Gasteiger partial charge in [0.05, 0.1) is 23.9 Å². The van der Waals surface area contributed by atoms with Crippen LogP contribution >= 0.6 is 0 Å². The van der Waals surface area contributed by atoms with E-state index in [0.717, 1.165) is 44.2 Å². The van der Waals surface area contributed by atoms with E-state index in [4.69, 9.17) is 9.72 Å². The average Bonchev–Trinajstić information content (AvgIpc) is 2.87. The highest BCUT2D eigenvalue weighted by molar-refractivity contribution is 6.07. The number of para-hydroxylation sites is 1. The van der Waals surface area contributed by atoms with Gasteiger partial charge in [-0.1, -0.05) is 36.4 Å². The van der Waals surface area contributed by atoms with Crippen molar-refractivity contribution in [1.82, 2.24) is 14.9 Å². The summed E-state index contributed by atoms with van der Waals surface area (Å²) < 4.78 is 5.33. The minimum atomic E-state index is -0.0443. The maximum absolute atomic E-state index is 13.5. The molecule has 0 atom stereocenters. The third-order valence-corrected chi connectivity index (χ3v) is 5.81. The van der Waals surface area contributed by atoms with Crippen molar-refractivity contribution < 1.29 is 9.53 Å². The van der Waals surface area contributed by atoms with Crippen LogP contribution in [-0.2, 0) is 6.54 Å². The van der Waals surface area contributed by atoms with Gasteiger partial charge in [-0.3, -0.25) is 9.78 Å². The van der Waals surface area contributed by atoms with Crippen LogP contribution in [0.5, 0.6) is 5.75 Å². The van der Waals surface area contributed by atoms with Crippen LogP contribution in [0.1, 0.15) is 15.9 Å². The molecule has 0 aliphatic heterocycles. The lowest BCUT2D eigenvalue weighted by molar-refractivity contribution is 0.0787. The van der Waals surface area contributed by atoms with E-state index in [0.29, 0.717) is 12.1 Å². The van der Waals surface area contributed by atoms with Crippen molar-refractivity contribution in [2.45, 2.75) is 6.54 Å². The standard InChI is InChI=1S/C28H23N3O2/c1-31(18-19-11-13-29-14-12-19)28(32)25-17-27(30-26-6-4-3-5-24(25)26)22-8-7-21-16-23(33-2)10-9-20(21)15-22/h3-17H,18H2,1-2H3. The predicted octanol–water partition coefficient (Wildman–Crippen LogP) is 5.73. The molecule has 0 radical (unpaired) electrons. The van der Waals surface area contributed by atoms with Gasteiger partial charge in [-0.15, -0.1) is 0 Å². The number of pyridine rings is 2. The third kappa shape index (κ3) is 4.13. The largest absolute Gasteiger partial charge is 0.497 e. The second kappa shape index (κ2) is 8.71. The maximum atomic E-state index is 13.5. The van der Waals surface area contributed by atoms with Gasteiger partial charge in [0, 0.05) is 36.9 Å². The Labute approximate surface area is 192 Å². The van der Waals surface area contributed by atoms with Gasteiger partial charge in [0.2, 0.25) is 0 Å². The number of hydrogen-bond acceptors (Lipinski definition) is 4. The first-order chi connectivity index (χ1) is 16.1. The number of carbonyl (C=O) groups excluding carboxylic acids is 1. The number of benzene rings is 3. The van der Waals surface area contributed by atoms with Crippen molar-refractivity contribution in [2.75, 3.05) is 14.2 Å². The zero-order valence-corrected chi connectivity index (χ0v) is 18.5. The lowest BCUT2D eigenvalue weighted by atomic mass is 10.0. The number of ether oxygens (including phenoxy) is 1. The van der Waals surface area contributed by atoms with Gasteiger partial charge in [-0.25, -0.2) is 4.98 Å². The van der Waals surface area contributed by atoms with E-state index < -0.39 is 0 Å². The van der Waals surface area contributed by atoms with Gasteiger partial charge < -0.3 is 9.64 Å². The molecule has 0 saturated heterocycles. The van der Waals surface area contributed by atoms with Gasteiger partial charge in [0.15, 0.2) is 0 Å². The summed E-state index contributed by atoms with van der Waals surface area (Å²) >= 11 is 0. The zero-order valence-electron chi connectivity index (χ0n) is 18.5. The van der Waals surface area contributed by atoms with Crippen molar-refractivity contribution in [3.8, 4) is 17.0 Å². The van der Waals surface area contributed by atoms with Crippen LogP contribution < -0.4 is 4.74 Å². The van der Waals surface area contributed by atoms with Crippen LogP contribution in [0.15, 0.2) is 91.3 Å². The Bertz CT molecular complexity index is 1460. The number of nitrogens with zero attached hydrogens (tertiary/aromatic N) is 3. The highest BCUT2D eigenvalue weighted by atomic mass is 16.5. The average molecular weight is 434 g/mol. The minimum Gasteiger partial charge on any atom is -0.497 e. The molecule has 0 bridgehead atoms. The summed E-state index contributed by atoms with van der Waals surface area (Å²) in [4.78, 5) is 24.2. The number of amides is 1. The topological polar surface area (TPSA) is 55.3 Å². The molecular formula is C28H23N3O2. The first kappa shape index (κ1) is 20.6. The van der Waals surface area contributed by atoms with Crippen molar-refractivity contribution in [2.24, 2.45) is 0 Å². The summed E-state index contributed by atoms with van der Waals surface area (Å²) in [5.41, 5.74) is 4.20. The molecule has 0 fully saturated rings. The zero-order chi connectivity index (χ0) is 22.8. The Kier molecular flexibility index (Phi) is 5.45. The first-order valence-electron chi connectivity index (χ1n) is 10.7. The summed E-state index contributed by atoms with van der Waals surface area (Å²) in [6, 6.07) is 25.7. The minimum absolute atomic E-state index is 0.0443. The summed E-state index contributed by atoms with van der Waals surface area (Å²) in [6.45, 7) is 0.505. The molecule has 0 saturated carbocycles. The van der Waals surface area contributed by atoms with E-state index in [9.17, 15) is 4.79 Å². The summed E-state index contributed by atoms with van der Waals surface area (Å²) in [6.07, 6.45) is 3.48. The molecule has 5 aromatic rings. The molecule has 1 amide bonds. The summed E-state index contributed by atoms with van der Waals surface area (Å²) in [5, 5.41) is 3.02. The van der Waals surface area contributed by atoms with Crippen LogP contribution in [0.2, 0.25) is 0 Å². The molecule has 0 aliphatic rings. The van der Waals surface area contributed by atoms with E-state index in [1.54, 1.807) is 24.4 Å². The fourth-order valence-corrected chi connectivity index (χ4v) is 4.05. The summed E-state index contributed by atoms with van der Waals surface area (Å²) in [7, 11) is 3.49. The van der Waals surface area contributed by atoms with Gasteiger partial charge in [-0.2, -0.15) is 0 Å². The molecular weight excluding hydrogens is 410 g/mol. The SMILES string of the molecule is COc1ccc2cc(-c3cc(C(=O)N(C)Cc4ccncc4)c4ccccc4n3)ccc2c1. The van der Waals surface area contributed by atoms with Crippen LogP contribution in [0.25, 0.3) is 32.9 Å². The van der Waals surface area contributed by atoms with Crippen LogP contribution in [0.4, 0.5) is 0 Å². The highest BCUT2D eigenvalue weighted by Crippen LogP contribution is 2.29. The number of carbonyl (C=O) groups is 1. The Morgan fingerprint density at radius 1 is 0.909 bits per heavy atom. The Hall–Kier alpha value is -4.25. The monoisotopic (exact) mass is 433 g/mol. The molecule has 3 aromatic carbocycles. The van der Waals surface area contributed by atoms with E-state index >= 15 is 0 Å². The van der Waals surface area contributed by atoms with Gasteiger partial charge in [0.1, 0.15) is 5.75 Å². The molecule has 2 aromatic heterocycles. The first-order valence-corrected chi connectivity index (χ1v) is 10.7. The van der Waals surface area contributed by atoms with Crippen molar-refractivity contribution >= 4 is 27.6 Å². The van der Waals surface area contributed by atoms with E-state index in [2.05, 4.69) is 17.1 Å².